The van der Waals surface area contributed by atoms with Gasteiger partial charge in [0, 0.05) is 58.8 Å². The molecule has 0 saturated carbocycles. The summed E-state index contributed by atoms with van der Waals surface area (Å²) in [6.07, 6.45) is 6.06. The first-order chi connectivity index (χ1) is 13.3. The Hall–Kier alpha value is -1.13. The minimum absolute atomic E-state index is 0. The second-order valence-electron chi connectivity index (χ2n) is 6.62. The lowest BCUT2D eigenvalue weighted by Gasteiger charge is -2.34. The number of rotatable bonds is 10. The summed E-state index contributed by atoms with van der Waals surface area (Å²) in [6, 6.07) is 3.98. The molecule has 0 aliphatic carbocycles. The van der Waals surface area contributed by atoms with Gasteiger partial charge in [-0.2, -0.15) is 0 Å². The number of nitrogens with zero attached hydrogens (tertiary/aromatic N) is 3. The van der Waals surface area contributed by atoms with E-state index in [0.29, 0.717) is 25.1 Å². The Morgan fingerprint density at radius 1 is 1.29 bits per heavy atom. The lowest BCUT2D eigenvalue weighted by atomic mass is 10.1. The van der Waals surface area contributed by atoms with Gasteiger partial charge in [-0.15, -0.1) is 24.0 Å². The molecule has 160 valence electrons. The fraction of sp³-hybridized carbons (Fsp3) is 0.700. The molecular weight excluding hydrogens is 471 g/mol. The quantitative estimate of drug-likeness (QED) is 0.228. The minimum Gasteiger partial charge on any atom is -0.477 e. The average molecular weight is 506 g/mol. The molecule has 8 heteroatoms. The number of methoxy groups -OCH3 is 1. The number of aliphatic imine (C=N–C) groups is 1. The van der Waals surface area contributed by atoms with Gasteiger partial charge >= 0.3 is 0 Å². The third kappa shape index (κ3) is 8.48. The second-order valence-corrected chi connectivity index (χ2v) is 6.62. The molecule has 1 fully saturated rings. The zero-order chi connectivity index (χ0) is 19.3. The predicted molar refractivity (Wildman–Crippen MR) is 123 cm³/mol. The van der Waals surface area contributed by atoms with E-state index >= 15 is 0 Å². The van der Waals surface area contributed by atoms with Crippen LogP contribution >= 0.6 is 24.0 Å². The third-order valence-electron chi connectivity index (χ3n) is 4.53. The van der Waals surface area contributed by atoms with Gasteiger partial charge in [-0.25, -0.2) is 4.98 Å². The minimum atomic E-state index is 0. The van der Waals surface area contributed by atoms with E-state index in [-0.39, 0.29) is 24.0 Å². The van der Waals surface area contributed by atoms with E-state index in [2.05, 4.69) is 27.1 Å². The van der Waals surface area contributed by atoms with Gasteiger partial charge in [-0.1, -0.05) is 13.0 Å². The lowest BCUT2D eigenvalue weighted by molar-refractivity contribution is 0.00989. The second kappa shape index (κ2) is 14.8. The molecule has 1 aliphatic rings. The van der Waals surface area contributed by atoms with Gasteiger partial charge in [0.15, 0.2) is 5.96 Å². The molecule has 0 amide bonds. The molecule has 1 aliphatic heterocycles. The summed E-state index contributed by atoms with van der Waals surface area (Å²) in [5.41, 5.74) is 1.04. The summed E-state index contributed by atoms with van der Waals surface area (Å²) in [7, 11) is 3.55. The van der Waals surface area contributed by atoms with E-state index in [1.54, 1.807) is 13.3 Å². The highest BCUT2D eigenvalue weighted by atomic mass is 127. The predicted octanol–water partition coefficient (Wildman–Crippen LogP) is 3.08. The van der Waals surface area contributed by atoms with Crippen LogP contribution in [0.2, 0.25) is 0 Å². The standard InChI is InChI=1S/C20H34N4O3.HI/c1-4-13-27-19-17(7-5-10-22-19)16-23-20(21-2)24-11-8-18(9-12-24)26-15-6-14-25-3;/h5,7,10,18H,4,6,8-9,11-16H2,1-3H3,(H,21,23);1H. The van der Waals surface area contributed by atoms with Gasteiger partial charge < -0.3 is 24.4 Å². The van der Waals surface area contributed by atoms with E-state index < -0.39 is 0 Å². The zero-order valence-corrected chi connectivity index (χ0v) is 19.7. The van der Waals surface area contributed by atoms with E-state index in [0.717, 1.165) is 63.5 Å². The van der Waals surface area contributed by atoms with Crippen molar-refractivity contribution in [2.45, 2.75) is 45.3 Å². The maximum absolute atomic E-state index is 5.94. The number of hydrogen-bond donors (Lipinski definition) is 1. The molecule has 7 nitrogen and oxygen atoms in total. The van der Waals surface area contributed by atoms with Gasteiger partial charge in [-0.3, -0.25) is 4.99 Å². The van der Waals surface area contributed by atoms with Crippen LogP contribution in [0.15, 0.2) is 23.3 Å². The van der Waals surface area contributed by atoms with Gasteiger partial charge in [0.2, 0.25) is 5.88 Å². The number of piperidine rings is 1. The SMILES string of the molecule is CCCOc1ncccc1CNC(=NC)N1CCC(OCCCOC)CC1.I. The van der Waals surface area contributed by atoms with E-state index in [4.69, 9.17) is 14.2 Å². The highest BCUT2D eigenvalue weighted by molar-refractivity contribution is 14.0. The molecule has 0 unspecified atom stereocenters. The van der Waals surface area contributed by atoms with Crippen molar-refractivity contribution in [2.24, 2.45) is 4.99 Å². The summed E-state index contributed by atoms with van der Waals surface area (Å²) in [5.74, 6) is 1.61. The number of nitrogens with one attached hydrogen (secondary N) is 1. The fourth-order valence-corrected chi connectivity index (χ4v) is 3.08. The summed E-state index contributed by atoms with van der Waals surface area (Å²) in [5, 5.41) is 3.45. The van der Waals surface area contributed by atoms with E-state index in [1.807, 2.05) is 19.2 Å². The summed E-state index contributed by atoms with van der Waals surface area (Å²) in [6.45, 7) is 6.83. The topological polar surface area (TPSA) is 68.2 Å². The van der Waals surface area contributed by atoms with Crippen molar-refractivity contribution >= 4 is 29.9 Å². The Kier molecular flexibility index (Phi) is 13.2. The summed E-state index contributed by atoms with van der Waals surface area (Å²) >= 11 is 0. The monoisotopic (exact) mass is 506 g/mol. The van der Waals surface area contributed by atoms with Crippen LogP contribution in [0, 0.1) is 0 Å². The molecular formula is C20H35IN4O3. The first-order valence-corrected chi connectivity index (χ1v) is 9.91. The van der Waals surface area contributed by atoms with Crippen LogP contribution in [0.5, 0.6) is 5.88 Å². The van der Waals surface area contributed by atoms with Crippen molar-refractivity contribution in [1.29, 1.82) is 0 Å². The maximum Gasteiger partial charge on any atom is 0.218 e. The number of hydrogen-bond acceptors (Lipinski definition) is 5. The highest BCUT2D eigenvalue weighted by Gasteiger charge is 2.22. The molecule has 1 aromatic heterocycles. The van der Waals surface area contributed by atoms with Crippen molar-refractivity contribution in [3.8, 4) is 5.88 Å². The number of pyridine rings is 1. The van der Waals surface area contributed by atoms with Gasteiger partial charge in [-0.05, 0) is 31.7 Å². The van der Waals surface area contributed by atoms with Crippen molar-refractivity contribution in [3.63, 3.8) is 0 Å². The van der Waals surface area contributed by atoms with Crippen LogP contribution in [0.3, 0.4) is 0 Å². The van der Waals surface area contributed by atoms with Crippen LogP contribution < -0.4 is 10.1 Å². The van der Waals surface area contributed by atoms with Gasteiger partial charge in [0.05, 0.1) is 12.7 Å². The largest absolute Gasteiger partial charge is 0.477 e. The molecule has 1 saturated heterocycles. The molecule has 0 bridgehead atoms. The third-order valence-corrected chi connectivity index (χ3v) is 4.53. The van der Waals surface area contributed by atoms with Crippen LogP contribution in [0.25, 0.3) is 0 Å². The first-order valence-electron chi connectivity index (χ1n) is 9.91. The lowest BCUT2D eigenvalue weighted by Crippen LogP contribution is -2.46. The molecule has 0 radical (unpaired) electrons. The van der Waals surface area contributed by atoms with Crippen molar-refractivity contribution in [2.75, 3.05) is 47.1 Å². The number of guanidine groups is 1. The van der Waals surface area contributed by atoms with Gasteiger partial charge in [0.25, 0.3) is 0 Å². The Morgan fingerprint density at radius 2 is 2.07 bits per heavy atom. The normalized spacial score (nSPS) is 15.2. The van der Waals surface area contributed by atoms with Crippen LogP contribution in [-0.2, 0) is 16.0 Å². The smallest absolute Gasteiger partial charge is 0.218 e. The Labute approximate surface area is 186 Å². The van der Waals surface area contributed by atoms with Crippen molar-refractivity contribution < 1.29 is 14.2 Å². The van der Waals surface area contributed by atoms with E-state index in [9.17, 15) is 0 Å². The fourth-order valence-electron chi connectivity index (χ4n) is 3.08. The summed E-state index contributed by atoms with van der Waals surface area (Å²) in [4.78, 5) is 11.1. The number of halogens is 1. The molecule has 1 aromatic rings. The molecule has 28 heavy (non-hydrogen) atoms. The van der Waals surface area contributed by atoms with E-state index in [1.165, 1.54) is 0 Å². The number of ether oxygens (including phenoxy) is 3. The first kappa shape index (κ1) is 24.9. The maximum atomic E-state index is 5.94. The number of aromatic nitrogens is 1. The Balaban J connectivity index is 0.00000392. The Bertz CT molecular complexity index is 566. The van der Waals surface area contributed by atoms with Crippen molar-refractivity contribution in [3.05, 3.63) is 23.9 Å². The van der Waals surface area contributed by atoms with Crippen molar-refractivity contribution in [1.82, 2.24) is 15.2 Å². The van der Waals surface area contributed by atoms with Crippen LogP contribution in [0.1, 0.15) is 38.2 Å². The molecule has 0 aromatic carbocycles. The molecule has 1 N–H and O–H groups in total. The average Bonchev–Trinajstić information content (AvgIpc) is 2.72. The van der Waals surface area contributed by atoms with Crippen LogP contribution in [-0.4, -0.2) is 69.0 Å². The number of likely N-dealkylation sites (tertiary alicyclic amines) is 1. The summed E-state index contributed by atoms with van der Waals surface area (Å²) < 4.78 is 16.7. The van der Waals surface area contributed by atoms with Gasteiger partial charge in [0.1, 0.15) is 0 Å². The molecule has 2 heterocycles. The molecule has 0 spiro atoms. The highest BCUT2D eigenvalue weighted by Crippen LogP contribution is 2.16. The Morgan fingerprint density at radius 3 is 2.75 bits per heavy atom. The van der Waals surface area contributed by atoms with Crippen LogP contribution in [0.4, 0.5) is 0 Å². The molecule has 0 atom stereocenters. The zero-order valence-electron chi connectivity index (χ0n) is 17.4. The molecule has 2 rings (SSSR count).